The van der Waals surface area contributed by atoms with Crippen molar-refractivity contribution >= 4 is 9.84 Å². The number of nitriles is 1. The van der Waals surface area contributed by atoms with Crippen molar-refractivity contribution in [3.63, 3.8) is 0 Å². The molecule has 0 saturated carbocycles. The Balaban J connectivity index is 2.52. The summed E-state index contributed by atoms with van der Waals surface area (Å²) in [6.07, 6.45) is 1.53. The zero-order chi connectivity index (χ0) is 14.8. The van der Waals surface area contributed by atoms with Crippen LogP contribution in [-0.4, -0.2) is 14.7 Å². The van der Waals surface area contributed by atoms with Gasteiger partial charge in [-0.15, -0.1) is 0 Å². The van der Waals surface area contributed by atoms with Crippen LogP contribution in [0.3, 0.4) is 0 Å². The maximum atomic E-state index is 11.5. The Morgan fingerprint density at radius 2 is 1.75 bits per heavy atom. The first-order valence-corrected chi connectivity index (χ1v) is 8.08. The van der Waals surface area contributed by atoms with Crippen molar-refractivity contribution in [2.45, 2.75) is 18.2 Å². The fourth-order valence-electron chi connectivity index (χ4n) is 2.08. The van der Waals surface area contributed by atoms with E-state index in [1.807, 2.05) is 25.1 Å². The third kappa shape index (κ3) is 3.06. The molecule has 0 bridgehead atoms. The first kappa shape index (κ1) is 14.3. The molecule has 0 unspecified atom stereocenters. The van der Waals surface area contributed by atoms with Gasteiger partial charge in [-0.3, -0.25) is 0 Å². The lowest BCUT2D eigenvalue weighted by atomic mass is 9.96. The average molecular weight is 285 g/mol. The van der Waals surface area contributed by atoms with Crippen LogP contribution in [0.2, 0.25) is 0 Å². The van der Waals surface area contributed by atoms with E-state index in [0.29, 0.717) is 11.3 Å². The lowest BCUT2D eigenvalue weighted by Crippen LogP contribution is -1.97. The summed E-state index contributed by atoms with van der Waals surface area (Å²) in [7, 11) is -3.18. The third-order valence-corrected chi connectivity index (χ3v) is 4.26. The van der Waals surface area contributed by atoms with E-state index in [-0.39, 0.29) is 0 Å². The summed E-state index contributed by atoms with van der Waals surface area (Å²) in [4.78, 5) is 0.302. The Labute approximate surface area is 119 Å². The smallest absolute Gasteiger partial charge is 0.175 e. The second-order valence-electron chi connectivity index (χ2n) is 4.79. The van der Waals surface area contributed by atoms with Gasteiger partial charge in [-0.05, 0) is 35.7 Å². The van der Waals surface area contributed by atoms with Crippen molar-refractivity contribution in [3.8, 4) is 17.2 Å². The molecule has 3 nitrogen and oxygen atoms in total. The SMILES string of the molecule is Cc1ccc(CC#N)c(-c2ccc(S(C)(=O)=O)cc2)c1. The summed E-state index contributed by atoms with van der Waals surface area (Å²) in [5.74, 6) is 0. The second kappa shape index (κ2) is 5.48. The van der Waals surface area contributed by atoms with E-state index in [1.54, 1.807) is 24.3 Å². The molecular formula is C16H15NO2S. The summed E-state index contributed by atoms with van der Waals surface area (Å²) in [5, 5.41) is 8.88. The Morgan fingerprint density at radius 1 is 1.10 bits per heavy atom. The van der Waals surface area contributed by atoms with Crippen molar-refractivity contribution in [1.29, 1.82) is 5.26 Å². The molecule has 0 aliphatic heterocycles. The molecule has 4 heteroatoms. The minimum absolute atomic E-state index is 0.302. The van der Waals surface area contributed by atoms with E-state index in [9.17, 15) is 8.42 Å². The molecule has 0 aliphatic rings. The van der Waals surface area contributed by atoms with Gasteiger partial charge in [0, 0.05) is 6.26 Å². The van der Waals surface area contributed by atoms with E-state index in [4.69, 9.17) is 5.26 Å². The number of hydrogen-bond acceptors (Lipinski definition) is 3. The molecule has 0 amide bonds. The van der Waals surface area contributed by atoms with Gasteiger partial charge < -0.3 is 0 Å². The molecule has 102 valence electrons. The minimum atomic E-state index is -3.18. The molecule has 0 atom stereocenters. The first-order chi connectivity index (χ1) is 9.41. The molecule has 0 aliphatic carbocycles. The molecule has 0 saturated heterocycles. The quantitative estimate of drug-likeness (QED) is 0.870. The number of rotatable bonds is 3. The number of nitrogens with zero attached hydrogens (tertiary/aromatic N) is 1. The van der Waals surface area contributed by atoms with Gasteiger partial charge in [0.25, 0.3) is 0 Å². The topological polar surface area (TPSA) is 57.9 Å². The van der Waals surface area contributed by atoms with E-state index in [1.165, 1.54) is 6.26 Å². The van der Waals surface area contributed by atoms with Crippen LogP contribution in [0.1, 0.15) is 11.1 Å². The molecule has 0 radical (unpaired) electrons. The molecular weight excluding hydrogens is 270 g/mol. The number of aryl methyl sites for hydroxylation is 1. The summed E-state index contributed by atoms with van der Waals surface area (Å²) in [6.45, 7) is 1.99. The number of sulfone groups is 1. The van der Waals surface area contributed by atoms with Gasteiger partial charge in [-0.2, -0.15) is 5.26 Å². The predicted molar refractivity (Wildman–Crippen MR) is 79.0 cm³/mol. The van der Waals surface area contributed by atoms with Crippen LogP contribution < -0.4 is 0 Å². The van der Waals surface area contributed by atoms with Crippen molar-refractivity contribution < 1.29 is 8.42 Å². The van der Waals surface area contributed by atoms with Crippen LogP contribution in [-0.2, 0) is 16.3 Å². The summed E-state index contributed by atoms with van der Waals surface area (Å²) < 4.78 is 22.9. The minimum Gasteiger partial charge on any atom is -0.224 e. The largest absolute Gasteiger partial charge is 0.224 e. The summed E-state index contributed by atoms with van der Waals surface area (Å²) in [6, 6.07) is 14.9. The molecule has 0 heterocycles. The van der Waals surface area contributed by atoms with Crippen molar-refractivity contribution in [2.75, 3.05) is 6.26 Å². The van der Waals surface area contributed by atoms with Crippen LogP contribution in [0.25, 0.3) is 11.1 Å². The van der Waals surface area contributed by atoms with Gasteiger partial charge in [-0.1, -0.05) is 35.9 Å². The molecule has 20 heavy (non-hydrogen) atoms. The summed E-state index contributed by atoms with van der Waals surface area (Å²) in [5.41, 5.74) is 3.96. The van der Waals surface area contributed by atoms with E-state index < -0.39 is 9.84 Å². The maximum Gasteiger partial charge on any atom is 0.175 e. The molecule has 2 aromatic rings. The molecule has 0 fully saturated rings. The van der Waals surface area contributed by atoms with E-state index in [0.717, 1.165) is 22.3 Å². The zero-order valence-electron chi connectivity index (χ0n) is 11.4. The van der Waals surface area contributed by atoms with Crippen LogP contribution >= 0.6 is 0 Å². The zero-order valence-corrected chi connectivity index (χ0v) is 12.2. The maximum absolute atomic E-state index is 11.5. The van der Waals surface area contributed by atoms with Gasteiger partial charge >= 0.3 is 0 Å². The number of benzene rings is 2. The highest BCUT2D eigenvalue weighted by molar-refractivity contribution is 7.90. The Hall–Kier alpha value is -2.12. The third-order valence-electron chi connectivity index (χ3n) is 3.13. The molecule has 2 aromatic carbocycles. The lowest BCUT2D eigenvalue weighted by molar-refractivity contribution is 0.602. The molecule has 0 spiro atoms. The Morgan fingerprint density at radius 3 is 2.30 bits per heavy atom. The highest BCUT2D eigenvalue weighted by Crippen LogP contribution is 2.26. The van der Waals surface area contributed by atoms with Gasteiger partial charge in [0.1, 0.15) is 0 Å². The molecule has 0 N–H and O–H groups in total. The highest BCUT2D eigenvalue weighted by atomic mass is 32.2. The second-order valence-corrected chi connectivity index (χ2v) is 6.81. The highest BCUT2D eigenvalue weighted by Gasteiger charge is 2.09. The normalized spacial score (nSPS) is 11.1. The fourth-order valence-corrected chi connectivity index (χ4v) is 2.71. The standard InChI is InChI=1S/C16H15NO2S/c1-12-3-4-14(9-10-17)16(11-12)13-5-7-15(8-6-13)20(2,18)19/h3-8,11H,9H2,1-2H3. The molecule has 0 aromatic heterocycles. The van der Waals surface area contributed by atoms with Crippen LogP contribution in [0.15, 0.2) is 47.4 Å². The first-order valence-electron chi connectivity index (χ1n) is 6.19. The van der Waals surface area contributed by atoms with Crippen LogP contribution in [0, 0.1) is 18.3 Å². The van der Waals surface area contributed by atoms with E-state index >= 15 is 0 Å². The fraction of sp³-hybridized carbons (Fsp3) is 0.188. The summed E-state index contributed by atoms with van der Waals surface area (Å²) >= 11 is 0. The van der Waals surface area contributed by atoms with Crippen LogP contribution in [0.4, 0.5) is 0 Å². The van der Waals surface area contributed by atoms with Crippen molar-refractivity contribution in [1.82, 2.24) is 0 Å². The van der Waals surface area contributed by atoms with Crippen LogP contribution in [0.5, 0.6) is 0 Å². The van der Waals surface area contributed by atoms with Gasteiger partial charge in [0.15, 0.2) is 9.84 Å². The van der Waals surface area contributed by atoms with E-state index in [2.05, 4.69) is 6.07 Å². The molecule has 2 rings (SSSR count). The Kier molecular flexibility index (Phi) is 3.91. The van der Waals surface area contributed by atoms with Crippen molar-refractivity contribution in [3.05, 3.63) is 53.6 Å². The van der Waals surface area contributed by atoms with Gasteiger partial charge in [0.05, 0.1) is 17.4 Å². The average Bonchev–Trinajstić information content (AvgIpc) is 2.40. The predicted octanol–water partition coefficient (Wildman–Crippen LogP) is 3.13. The Bertz CT molecular complexity index is 769. The van der Waals surface area contributed by atoms with Crippen molar-refractivity contribution in [2.24, 2.45) is 0 Å². The van der Waals surface area contributed by atoms with Gasteiger partial charge in [-0.25, -0.2) is 8.42 Å². The number of hydrogen-bond donors (Lipinski definition) is 0. The monoisotopic (exact) mass is 285 g/mol. The lowest BCUT2D eigenvalue weighted by Gasteiger charge is -2.09. The van der Waals surface area contributed by atoms with Gasteiger partial charge in [0.2, 0.25) is 0 Å².